The van der Waals surface area contributed by atoms with E-state index in [-0.39, 0.29) is 40.0 Å². The molecule has 195 valence electrons. The number of benzene rings is 1. The van der Waals surface area contributed by atoms with Crippen LogP contribution in [-0.2, 0) is 19.5 Å². The van der Waals surface area contributed by atoms with Gasteiger partial charge in [0.2, 0.25) is 0 Å². The topological polar surface area (TPSA) is 0 Å². The average Bonchev–Trinajstić information content (AvgIpc) is 3.22. The van der Waals surface area contributed by atoms with Crippen LogP contribution in [0.5, 0.6) is 0 Å². The van der Waals surface area contributed by atoms with Gasteiger partial charge < -0.3 is 4.70 Å². The number of hydrogen-bond donors (Lipinski definition) is 0. The summed E-state index contributed by atoms with van der Waals surface area (Å²) in [5.41, 5.74) is 3.91. The van der Waals surface area contributed by atoms with Gasteiger partial charge in [0.1, 0.15) is 10.6 Å². The van der Waals surface area contributed by atoms with Gasteiger partial charge >= 0.3 is 7.54 Å². The van der Waals surface area contributed by atoms with Crippen LogP contribution >= 0.6 is 15.8 Å². The zero-order chi connectivity index (χ0) is 23.5. The van der Waals surface area contributed by atoms with Crippen molar-refractivity contribution in [2.24, 2.45) is 0 Å². The van der Waals surface area contributed by atoms with Gasteiger partial charge in [-0.15, -0.1) is 0 Å². The van der Waals surface area contributed by atoms with Gasteiger partial charge in [-0.05, 0) is 91.2 Å². The minimum absolute atomic E-state index is 0. The molecule has 0 nitrogen and oxygen atoms in total. The van der Waals surface area contributed by atoms with Crippen molar-refractivity contribution in [3.8, 4) is 0 Å². The van der Waals surface area contributed by atoms with Crippen molar-refractivity contribution >= 4 is 34.0 Å². The normalized spacial score (nSPS) is 28.4. The second-order valence-electron chi connectivity index (χ2n) is 9.56. The van der Waals surface area contributed by atoms with Gasteiger partial charge in [-0.3, -0.25) is 12.9 Å². The smallest absolute Gasteiger partial charge is 0.762 e. The largest absolute Gasteiger partial charge is 1.00 e. The number of rotatable bonds is 2. The molecule has 0 saturated carbocycles. The number of hydrogen-bond acceptors (Lipinski definition) is 0. The molecule has 3 aliphatic rings. The zero-order valence-corrected chi connectivity index (χ0v) is 24.6. The Morgan fingerprint density at radius 3 is 1.09 bits per heavy atom. The van der Waals surface area contributed by atoms with Crippen LogP contribution < -0.4 is 15.3 Å². The molecule has 34 heavy (non-hydrogen) atoms. The Morgan fingerprint density at radius 1 is 0.618 bits per heavy atom. The van der Waals surface area contributed by atoms with Crippen molar-refractivity contribution in [2.45, 2.75) is 102 Å². The Morgan fingerprint density at radius 2 is 0.853 bits per heavy atom. The van der Waals surface area contributed by atoms with Gasteiger partial charge in [-0.2, -0.15) is 0 Å². The summed E-state index contributed by atoms with van der Waals surface area (Å²) in [7, 11) is -4.33. The molecule has 2 saturated heterocycles. The third-order valence-electron chi connectivity index (χ3n) is 7.07. The molecule has 8 heteroatoms. The van der Waals surface area contributed by atoms with Crippen molar-refractivity contribution in [1.29, 1.82) is 0 Å². The van der Waals surface area contributed by atoms with Crippen LogP contribution in [0.15, 0.2) is 48.6 Å². The van der Waals surface area contributed by atoms with Gasteiger partial charge in [-0.25, -0.2) is 0 Å². The molecule has 1 radical (unpaired) electrons. The van der Waals surface area contributed by atoms with Crippen LogP contribution in [0.25, 0.3) is 0 Å². The summed E-state index contributed by atoms with van der Waals surface area (Å²) in [6.07, 6.45) is 19.9. The van der Waals surface area contributed by atoms with Crippen LogP contribution in [0, 0.1) is 0 Å². The van der Waals surface area contributed by atoms with Crippen LogP contribution in [0.2, 0.25) is 0 Å². The van der Waals surface area contributed by atoms with E-state index in [4.69, 9.17) is 0 Å². The average molecular weight is 606 g/mol. The van der Waals surface area contributed by atoms with E-state index >= 15 is 0 Å². The first-order valence-electron chi connectivity index (χ1n) is 12.4. The van der Waals surface area contributed by atoms with Crippen LogP contribution in [0.1, 0.15) is 79.1 Å². The molecule has 0 N–H and O–H groups in total. The van der Waals surface area contributed by atoms with E-state index in [9.17, 15) is 12.9 Å². The molecule has 0 amide bonds. The molecule has 0 spiro atoms. The molecule has 1 aromatic rings. The first-order chi connectivity index (χ1) is 15.3. The second-order valence-corrected chi connectivity index (χ2v) is 16.4. The fourth-order valence-corrected chi connectivity index (χ4v) is 13.7. The van der Waals surface area contributed by atoms with Crippen molar-refractivity contribution in [1.82, 2.24) is 0 Å². The van der Waals surface area contributed by atoms with Gasteiger partial charge in [0.25, 0.3) is 0 Å². The van der Waals surface area contributed by atoms with Gasteiger partial charge in [0.05, 0.1) is 22.6 Å². The molecule has 4 atom stereocenters. The van der Waals surface area contributed by atoms with Crippen LogP contribution in [0.3, 0.4) is 0 Å². The van der Waals surface area contributed by atoms with Crippen LogP contribution in [-0.4, -0.2) is 30.2 Å². The summed E-state index contributed by atoms with van der Waals surface area (Å²) in [4.78, 5) is 0. The Labute approximate surface area is 220 Å². The zero-order valence-electron chi connectivity index (χ0n) is 21.0. The fourth-order valence-electron chi connectivity index (χ4n) is 5.50. The van der Waals surface area contributed by atoms with Crippen molar-refractivity contribution in [3.63, 3.8) is 0 Å². The molecule has 2 heterocycles. The van der Waals surface area contributed by atoms with Gasteiger partial charge in [0.15, 0.2) is 0 Å². The van der Waals surface area contributed by atoms with Crippen molar-refractivity contribution < 1.29 is 37.1 Å². The fraction of sp³-hybridized carbons (Fsp3) is 0.615. The van der Waals surface area contributed by atoms with Crippen molar-refractivity contribution in [3.05, 3.63) is 48.6 Å². The quantitative estimate of drug-likeness (QED) is 0.191. The Hall–Kier alpha value is -0.0317. The summed E-state index contributed by atoms with van der Waals surface area (Å²) in [5, 5.41) is 3.67. The number of halogens is 4. The van der Waals surface area contributed by atoms with Crippen molar-refractivity contribution in [2.75, 3.05) is 0 Å². The standard InChI is InChI=1S/C18H28P2.C8H12.BF3.FH.Rh/c1-13-9-10-14(2)19(13)17-7-5-6-8-18(17)20-15(3)11-12-16(20)4;1-2-4-6-8-7-5-3-1;2-1(3)4;;/h5-8,13-16H,9-12H2,1-4H3;1-2,7-8H,3-6H2;;1H;/p+1/b;2-1-,8-7-;;;/t13-,14-,15-,16-;;;;/m1..../s1. The second kappa shape index (κ2) is 18.2. The molecule has 2 aliphatic heterocycles. The van der Waals surface area contributed by atoms with Crippen LogP contribution in [0.4, 0.5) is 12.9 Å². The molecule has 0 aromatic heterocycles. The molecule has 0 bridgehead atoms. The van der Waals surface area contributed by atoms with Gasteiger partial charge in [0, 0.05) is 35.3 Å². The van der Waals surface area contributed by atoms with E-state index in [1.54, 1.807) is 0 Å². The van der Waals surface area contributed by atoms with E-state index in [1.807, 2.05) is 10.6 Å². The molecular weight excluding hydrogens is 564 g/mol. The molecular formula is C26H42BF4P2Rh+. The Kier molecular flexibility index (Phi) is 18.2. The first-order valence-corrected chi connectivity index (χ1v) is 15.7. The maximum absolute atomic E-state index is 9.67. The van der Waals surface area contributed by atoms with Gasteiger partial charge in [-0.1, -0.05) is 36.4 Å². The SMILES string of the molecule is C1=C\CC/C=C\CC/1.C[C@@H]1CC[C@@H](C)[PH+]1c1ccccc1[PH+]1[C@H](C)CC[C@H]1C.FB(F)F.[F-].[Rh]. The maximum atomic E-state index is 9.67. The molecule has 2 fully saturated rings. The molecule has 1 aliphatic carbocycles. The molecule has 0 unspecified atom stereocenters. The molecule has 4 rings (SSSR count). The third kappa shape index (κ3) is 10.9. The predicted octanol–water partition coefficient (Wildman–Crippen LogP) is 5.06. The summed E-state index contributed by atoms with van der Waals surface area (Å²) in [6.45, 7) is 10.1. The minimum Gasteiger partial charge on any atom is -1.00 e. The van der Waals surface area contributed by atoms with E-state index in [2.05, 4.69) is 76.3 Å². The summed E-state index contributed by atoms with van der Waals surface area (Å²) in [6, 6.07) is 9.64. The van der Waals surface area contributed by atoms with E-state index in [1.165, 1.54) is 51.4 Å². The minimum atomic E-state index is -3.67. The third-order valence-corrected chi connectivity index (χ3v) is 14.8. The summed E-state index contributed by atoms with van der Waals surface area (Å²) < 4.78 is 29.0. The van der Waals surface area contributed by atoms with E-state index in [0.717, 1.165) is 22.6 Å². The maximum Gasteiger partial charge on any atom is 0.762 e. The molecule has 1 aromatic carbocycles. The Balaban J connectivity index is 0.000000653. The monoisotopic (exact) mass is 606 g/mol. The Bertz CT molecular complexity index is 643. The van der Waals surface area contributed by atoms with E-state index < -0.39 is 7.54 Å². The number of allylic oxidation sites excluding steroid dienone is 4. The summed E-state index contributed by atoms with van der Waals surface area (Å²) >= 11 is 0. The first kappa shape index (κ1) is 34.0. The van der Waals surface area contributed by atoms with E-state index in [0.29, 0.717) is 0 Å². The summed E-state index contributed by atoms with van der Waals surface area (Å²) in [5.74, 6) is 0. The predicted molar refractivity (Wildman–Crippen MR) is 144 cm³/mol.